The molecule has 1 rings (SSSR count). The van der Waals surface area contributed by atoms with Gasteiger partial charge in [0.05, 0.1) is 6.67 Å². The van der Waals surface area contributed by atoms with Crippen molar-refractivity contribution in [3.63, 3.8) is 0 Å². The van der Waals surface area contributed by atoms with Gasteiger partial charge in [0.1, 0.15) is 0 Å². The summed E-state index contributed by atoms with van der Waals surface area (Å²) >= 11 is 0. The molecular formula is C23H46N2. The molecule has 0 atom stereocenters. The molecular weight excluding hydrogens is 304 g/mol. The molecule has 1 aliphatic heterocycles. The van der Waals surface area contributed by atoms with E-state index in [0.717, 1.165) is 6.67 Å². The Morgan fingerprint density at radius 2 is 1.20 bits per heavy atom. The lowest BCUT2D eigenvalue weighted by Crippen LogP contribution is -2.28. The lowest BCUT2D eigenvalue weighted by Gasteiger charge is -2.24. The van der Waals surface area contributed by atoms with E-state index >= 15 is 0 Å². The second-order valence-corrected chi connectivity index (χ2v) is 7.98. The summed E-state index contributed by atoms with van der Waals surface area (Å²) in [6, 6.07) is 0. The molecule has 0 N–H and O–H groups in total. The molecule has 1 aliphatic rings. The minimum Gasteiger partial charge on any atom is -0.358 e. The van der Waals surface area contributed by atoms with Gasteiger partial charge in [-0.1, -0.05) is 91.4 Å². The van der Waals surface area contributed by atoms with Gasteiger partial charge in [-0.25, -0.2) is 0 Å². The zero-order valence-corrected chi connectivity index (χ0v) is 17.7. The van der Waals surface area contributed by atoms with Crippen molar-refractivity contribution >= 4 is 0 Å². The highest BCUT2D eigenvalue weighted by molar-refractivity contribution is 5.06. The molecule has 0 aliphatic carbocycles. The third-order valence-electron chi connectivity index (χ3n) is 5.46. The monoisotopic (exact) mass is 350 g/mol. The highest BCUT2D eigenvalue weighted by Gasteiger charge is 2.19. The fourth-order valence-corrected chi connectivity index (χ4v) is 3.72. The molecule has 0 spiro atoms. The Hall–Kier alpha value is -0.660. The number of unbranched alkanes of at least 4 members (excludes halogenated alkanes) is 11. The van der Waals surface area contributed by atoms with Crippen LogP contribution >= 0.6 is 0 Å². The van der Waals surface area contributed by atoms with E-state index in [1.54, 1.807) is 5.70 Å². The van der Waals surface area contributed by atoms with E-state index in [-0.39, 0.29) is 0 Å². The van der Waals surface area contributed by atoms with E-state index in [2.05, 4.69) is 36.8 Å². The Balaban J connectivity index is 2.08. The number of rotatable bonds is 17. The third kappa shape index (κ3) is 10.8. The molecule has 0 fully saturated rings. The Morgan fingerprint density at radius 1 is 0.640 bits per heavy atom. The number of hydrogen-bond donors (Lipinski definition) is 0. The first-order valence-corrected chi connectivity index (χ1v) is 11.5. The predicted octanol–water partition coefficient (Wildman–Crippen LogP) is 7.31. The van der Waals surface area contributed by atoms with Crippen LogP contribution in [0.15, 0.2) is 11.9 Å². The van der Waals surface area contributed by atoms with E-state index in [0.29, 0.717) is 0 Å². The molecule has 148 valence electrons. The van der Waals surface area contributed by atoms with Gasteiger partial charge < -0.3 is 9.80 Å². The van der Waals surface area contributed by atoms with E-state index in [4.69, 9.17) is 0 Å². The largest absolute Gasteiger partial charge is 0.358 e. The van der Waals surface area contributed by atoms with Crippen LogP contribution in [0.2, 0.25) is 0 Å². The minimum absolute atomic E-state index is 1.15. The van der Waals surface area contributed by atoms with Crippen LogP contribution in [-0.4, -0.2) is 29.6 Å². The quantitative estimate of drug-likeness (QED) is 0.254. The maximum atomic E-state index is 2.63. The van der Waals surface area contributed by atoms with Gasteiger partial charge in [-0.15, -0.1) is 0 Å². The first-order valence-electron chi connectivity index (χ1n) is 11.5. The number of hydrogen-bond acceptors (Lipinski definition) is 2. The van der Waals surface area contributed by atoms with Gasteiger partial charge >= 0.3 is 0 Å². The first kappa shape index (κ1) is 22.4. The normalized spacial score (nSPS) is 14.4. The van der Waals surface area contributed by atoms with Crippen molar-refractivity contribution < 1.29 is 0 Å². The molecule has 25 heavy (non-hydrogen) atoms. The summed E-state index contributed by atoms with van der Waals surface area (Å²) in [4.78, 5) is 5.21. The van der Waals surface area contributed by atoms with Crippen molar-refractivity contribution in [2.75, 3.05) is 19.8 Å². The van der Waals surface area contributed by atoms with Gasteiger partial charge in [-0.05, 0) is 25.7 Å². The lowest BCUT2D eigenvalue weighted by atomic mass is 10.1. The van der Waals surface area contributed by atoms with Crippen LogP contribution in [0.5, 0.6) is 0 Å². The summed E-state index contributed by atoms with van der Waals surface area (Å²) in [5, 5.41) is 0. The van der Waals surface area contributed by atoms with E-state index in [9.17, 15) is 0 Å². The van der Waals surface area contributed by atoms with Crippen LogP contribution < -0.4 is 0 Å². The molecule has 0 radical (unpaired) electrons. The van der Waals surface area contributed by atoms with Crippen LogP contribution in [0.25, 0.3) is 0 Å². The SMILES string of the molecule is CCCCCCCCCCCCN1C=C(CCCC)N(CCCC)C1. The highest BCUT2D eigenvalue weighted by atomic mass is 15.4. The Bertz CT molecular complexity index is 324. The van der Waals surface area contributed by atoms with Crippen molar-refractivity contribution in [3.8, 4) is 0 Å². The zero-order chi connectivity index (χ0) is 18.2. The second kappa shape index (κ2) is 15.6. The average Bonchev–Trinajstić information content (AvgIpc) is 3.01. The van der Waals surface area contributed by atoms with Crippen LogP contribution in [-0.2, 0) is 0 Å². The minimum atomic E-state index is 1.15. The van der Waals surface area contributed by atoms with Crippen molar-refractivity contribution in [3.05, 3.63) is 11.9 Å². The molecule has 0 saturated heterocycles. The van der Waals surface area contributed by atoms with Crippen LogP contribution in [0.1, 0.15) is 117 Å². The Kier molecular flexibility index (Phi) is 14.0. The molecule has 2 nitrogen and oxygen atoms in total. The molecule has 0 aromatic rings. The standard InChI is InChI=1S/C23H46N2/c1-4-7-10-11-12-13-14-15-16-17-19-24-21-23(18-8-5-2)25(22-24)20-9-6-3/h21H,4-20,22H2,1-3H3. The van der Waals surface area contributed by atoms with Crippen LogP contribution in [0.3, 0.4) is 0 Å². The van der Waals surface area contributed by atoms with E-state index in [1.165, 1.54) is 109 Å². The van der Waals surface area contributed by atoms with Gasteiger partial charge in [-0.3, -0.25) is 0 Å². The first-order chi connectivity index (χ1) is 12.3. The third-order valence-corrected chi connectivity index (χ3v) is 5.46. The Labute approximate surface area is 159 Å². The summed E-state index contributed by atoms with van der Waals surface area (Å²) in [6.07, 6.45) is 23.3. The van der Waals surface area contributed by atoms with E-state index < -0.39 is 0 Å². The molecule has 0 saturated carbocycles. The van der Waals surface area contributed by atoms with E-state index in [1.807, 2.05) is 0 Å². The molecule has 0 aromatic carbocycles. The topological polar surface area (TPSA) is 6.48 Å². The fourth-order valence-electron chi connectivity index (χ4n) is 3.72. The zero-order valence-electron chi connectivity index (χ0n) is 17.7. The molecule has 0 unspecified atom stereocenters. The maximum absolute atomic E-state index is 2.63. The summed E-state index contributed by atoms with van der Waals surface area (Å²) < 4.78 is 0. The summed E-state index contributed by atoms with van der Waals surface area (Å²) in [7, 11) is 0. The predicted molar refractivity (Wildman–Crippen MR) is 113 cm³/mol. The summed E-state index contributed by atoms with van der Waals surface area (Å²) in [6.45, 7) is 10.6. The van der Waals surface area contributed by atoms with Gasteiger partial charge in [0, 0.05) is 25.0 Å². The number of allylic oxidation sites excluding steroid dienone is 1. The molecule has 1 heterocycles. The lowest BCUT2D eigenvalue weighted by molar-refractivity contribution is 0.244. The smallest absolute Gasteiger partial charge is 0.0896 e. The summed E-state index contributed by atoms with van der Waals surface area (Å²) in [5.41, 5.74) is 1.60. The molecule has 0 bridgehead atoms. The van der Waals surface area contributed by atoms with Crippen molar-refractivity contribution in [2.45, 2.75) is 117 Å². The van der Waals surface area contributed by atoms with Crippen LogP contribution in [0.4, 0.5) is 0 Å². The summed E-state index contributed by atoms with van der Waals surface area (Å²) in [5.74, 6) is 0. The molecule has 0 amide bonds. The van der Waals surface area contributed by atoms with Crippen molar-refractivity contribution in [2.24, 2.45) is 0 Å². The number of nitrogens with zero attached hydrogens (tertiary/aromatic N) is 2. The van der Waals surface area contributed by atoms with Gasteiger partial charge in [0.2, 0.25) is 0 Å². The second-order valence-electron chi connectivity index (χ2n) is 7.98. The molecule has 2 heteroatoms. The average molecular weight is 351 g/mol. The van der Waals surface area contributed by atoms with Gasteiger partial charge in [0.15, 0.2) is 0 Å². The highest BCUT2D eigenvalue weighted by Crippen LogP contribution is 2.22. The Morgan fingerprint density at radius 3 is 1.80 bits per heavy atom. The molecule has 0 aromatic heterocycles. The van der Waals surface area contributed by atoms with Gasteiger partial charge in [-0.2, -0.15) is 0 Å². The van der Waals surface area contributed by atoms with Crippen molar-refractivity contribution in [1.82, 2.24) is 9.80 Å². The van der Waals surface area contributed by atoms with Crippen LogP contribution in [0, 0.1) is 0 Å². The van der Waals surface area contributed by atoms with Gasteiger partial charge in [0.25, 0.3) is 0 Å². The maximum Gasteiger partial charge on any atom is 0.0896 e. The van der Waals surface area contributed by atoms with Crippen molar-refractivity contribution in [1.29, 1.82) is 0 Å². The fraction of sp³-hybridized carbons (Fsp3) is 0.913.